The number of hydrogen-bond acceptors (Lipinski definition) is 4. The molecule has 108 valence electrons. The maximum Gasteiger partial charge on any atom is 0.339 e. The molecule has 1 aromatic carbocycles. The van der Waals surface area contributed by atoms with Crippen LogP contribution in [0.4, 0.5) is 5.69 Å². The Hall–Kier alpha value is -2.43. The number of rotatable bonds is 3. The molecule has 0 unspecified atom stereocenters. The zero-order valence-corrected chi connectivity index (χ0v) is 11.5. The second kappa shape index (κ2) is 5.52. The molecule has 5 nitrogen and oxygen atoms in total. The van der Waals surface area contributed by atoms with Gasteiger partial charge in [-0.2, -0.15) is 0 Å². The Morgan fingerprint density at radius 1 is 1.24 bits per heavy atom. The van der Waals surface area contributed by atoms with Crippen LogP contribution < -0.4 is 0 Å². The Bertz CT molecular complexity index is 673. The summed E-state index contributed by atoms with van der Waals surface area (Å²) in [6.07, 6.45) is 6.14. The van der Waals surface area contributed by atoms with Crippen molar-refractivity contribution in [3.05, 3.63) is 62.9 Å². The molecule has 0 radical (unpaired) electrons. The van der Waals surface area contributed by atoms with Crippen LogP contribution in [0.1, 0.15) is 31.2 Å². The Morgan fingerprint density at radius 2 is 2.00 bits per heavy atom. The summed E-state index contributed by atoms with van der Waals surface area (Å²) in [5.41, 5.74) is 2.74. The predicted molar refractivity (Wildman–Crippen MR) is 76.5 cm³/mol. The molecule has 0 aromatic heterocycles. The lowest BCUT2D eigenvalue weighted by atomic mass is 9.92. The molecule has 1 aromatic rings. The molecular formula is C16H15NO4. The van der Waals surface area contributed by atoms with Gasteiger partial charge in [0.15, 0.2) is 0 Å². The van der Waals surface area contributed by atoms with Gasteiger partial charge in [-0.1, -0.05) is 12.1 Å². The van der Waals surface area contributed by atoms with Crippen molar-refractivity contribution in [3.8, 4) is 0 Å². The van der Waals surface area contributed by atoms with E-state index in [2.05, 4.69) is 0 Å². The van der Waals surface area contributed by atoms with Gasteiger partial charge in [-0.25, -0.2) is 4.79 Å². The first-order chi connectivity index (χ1) is 10.1. The number of ether oxygens (including phenoxy) is 1. The molecule has 0 amide bonds. The topological polar surface area (TPSA) is 69.4 Å². The smallest absolute Gasteiger partial charge is 0.339 e. The molecule has 2 aliphatic rings. The number of hydrogen-bond donors (Lipinski definition) is 0. The summed E-state index contributed by atoms with van der Waals surface area (Å²) in [6, 6.07) is 6.51. The van der Waals surface area contributed by atoms with Gasteiger partial charge in [-0.05, 0) is 43.7 Å². The molecule has 1 heterocycles. The van der Waals surface area contributed by atoms with E-state index in [-0.39, 0.29) is 11.7 Å². The Morgan fingerprint density at radius 3 is 2.76 bits per heavy atom. The van der Waals surface area contributed by atoms with E-state index in [1.54, 1.807) is 12.1 Å². The standard InChI is InChI=1S/C16H15NO4/c18-16-14-7-2-1-6-13(14)15(21-16)9-8-11-4-3-5-12(10-11)17(19)20/h3-5,9-10H,1-2,6-8H2/b15-9+. The summed E-state index contributed by atoms with van der Waals surface area (Å²) >= 11 is 0. The number of carbonyl (C=O) groups excluding carboxylic acids is 1. The fourth-order valence-corrected chi connectivity index (χ4v) is 2.80. The molecule has 0 spiro atoms. The monoisotopic (exact) mass is 285 g/mol. The highest BCUT2D eigenvalue weighted by molar-refractivity contribution is 5.94. The number of allylic oxidation sites excluding steroid dienone is 2. The van der Waals surface area contributed by atoms with E-state index in [0.717, 1.165) is 42.4 Å². The summed E-state index contributed by atoms with van der Waals surface area (Å²) in [5, 5.41) is 10.8. The highest BCUT2D eigenvalue weighted by Gasteiger charge is 2.30. The van der Waals surface area contributed by atoms with Crippen LogP contribution in [0.25, 0.3) is 0 Å². The molecule has 5 heteroatoms. The lowest BCUT2D eigenvalue weighted by Gasteiger charge is -2.10. The van der Waals surface area contributed by atoms with Crippen molar-refractivity contribution in [2.45, 2.75) is 32.1 Å². The zero-order valence-electron chi connectivity index (χ0n) is 11.5. The fraction of sp³-hybridized carbons (Fsp3) is 0.312. The molecule has 0 bridgehead atoms. The maximum atomic E-state index is 11.8. The molecule has 0 fully saturated rings. The van der Waals surface area contributed by atoms with Crippen molar-refractivity contribution in [3.63, 3.8) is 0 Å². The van der Waals surface area contributed by atoms with Crippen molar-refractivity contribution in [2.75, 3.05) is 0 Å². The van der Waals surface area contributed by atoms with Crippen molar-refractivity contribution in [2.24, 2.45) is 0 Å². The lowest BCUT2D eigenvalue weighted by molar-refractivity contribution is -0.384. The van der Waals surface area contributed by atoms with Crippen LogP contribution in [0.15, 0.2) is 47.2 Å². The second-order valence-electron chi connectivity index (χ2n) is 5.25. The molecule has 1 aliphatic carbocycles. The van der Waals surface area contributed by atoms with Gasteiger partial charge in [-0.3, -0.25) is 10.1 Å². The summed E-state index contributed by atoms with van der Waals surface area (Å²) in [6.45, 7) is 0. The van der Waals surface area contributed by atoms with Gasteiger partial charge in [0.05, 0.1) is 4.92 Å². The first-order valence-corrected chi connectivity index (χ1v) is 7.03. The number of non-ortho nitro benzene ring substituents is 1. The minimum Gasteiger partial charge on any atom is -0.423 e. The van der Waals surface area contributed by atoms with Crippen LogP contribution in [0.2, 0.25) is 0 Å². The van der Waals surface area contributed by atoms with E-state index in [9.17, 15) is 14.9 Å². The molecule has 1 aliphatic heterocycles. The molecule has 0 N–H and O–H groups in total. The van der Waals surface area contributed by atoms with Crippen LogP contribution in [-0.4, -0.2) is 10.9 Å². The number of carbonyl (C=O) groups is 1. The SMILES string of the molecule is O=C1O/C(=C/Cc2cccc([N+](=O)[O-])c2)C2=C1CCCC2. The van der Waals surface area contributed by atoms with Crippen molar-refractivity contribution in [1.82, 2.24) is 0 Å². The van der Waals surface area contributed by atoms with E-state index in [1.165, 1.54) is 6.07 Å². The van der Waals surface area contributed by atoms with Crippen LogP contribution in [0.5, 0.6) is 0 Å². The average molecular weight is 285 g/mol. The maximum absolute atomic E-state index is 11.8. The number of nitro benzene ring substituents is 1. The second-order valence-corrected chi connectivity index (χ2v) is 5.25. The quantitative estimate of drug-likeness (QED) is 0.484. The average Bonchev–Trinajstić information content (AvgIpc) is 2.82. The summed E-state index contributed by atoms with van der Waals surface area (Å²) in [4.78, 5) is 22.1. The van der Waals surface area contributed by atoms with Gasteiger partial charge in [-0.15, -0.1) is 0 Å². The predicted octanol–water partition coefficient (Wildman–Crippen LogP) is 3.45. The van der Waals surface area contributed by atoms with E-state index in [0.29, 0.717) is 12.2 Å². The summed E-state index contributed by atoms with van der Waals surface area (Å²) < 4.78 is 5.32. The Kier molecular flexibility index (Phi) is 3.56. The summed E-state index contributed by atoms with van der Waals surface area (Å²) in [5.74, 6) is 0.413. The van der Waals surface area contributed by atoms with Gasteiger partial charge in [0.25, 0.3) is 5.69 Å². The minimum absolute atomic E-state index is 0.0758. The van der Waals surface area contributed by atoms with Crippen LogP contribution in [0, 0.1) is 10.1 Å². The third-order valence-electron chi connectivity index (χ3n) is 3.86. The molecule has 3 rings (SSSR count). The highest BCUT2D eigenvalue weighted by atomic mass is 16.6. The zero-order chi connectivity index (χ0) is 14.8. The van der Waals surface area contributed by atoms with E-state index in [1.807, 2.05) is 12.1 Å². The number of cyclic esters (lactones) is 1. The molecule has 0 saturated carbocycles. The fourth-order valence-electron chi connectivity index (χ4n) is 2.80. The summed E-state index contributed by atoms with van der Waals surface area (Å²) in [7, 11) is 0. The van der Waals surface area contributed by atoms with Crippen LogP contribution >= 0.6 is 0 Å². The normalized spacial score (nSPS) is 19.6. The van der Waals surface area contributed by atoms with Gasteiger partial charge in [0, 0.05) is 23.3 Å². The lowest BCUT2D eigenvalue weighted by Crippen LogP contribution is -2.01. The molecule has 0 atom stereocenters. The number of nitro groups is 1. The van der Waals surface area contributed by atoms with Crippen molar-refractivity contribution < 1.29 is 14.5 Å². The molecule has 21 heavy (non-hydrogen) atoms. The third kappa shape index (κ3) is 2.72. The van der Waals surface area contributed by atoms with E-state index in [4.69, 9.17) is 4.74 Å². The van der Waals surface area contributed by atoms with Crippen molar-refractivity contribution in [1.29, 1.82) is 0 Å². The van der Waals surface area contributed by atoms with Crippen molar-refractivity contribution >= 4 is 11.7 Å². The van der Waals surface area contributed by atoms with Gasteiger partial charge < -0.3 is 4.74 Å². The first-order valence-electron chi connectivity index (χ1n) is 7.03. The number of benzene rings is 1. The van der Waals surface area contributed by atoms with Crippen LogP contribution in [0.3, 0.4) is 0 Å². The van der Waals surface area contributed by atoms with Gasteiger partial charge >= 0.3 is 5.97 Å². The number of esters is 1. The highest BCUT2D eigenvalue weighted by Crippen LogP contribution is 2.36. The third-order valence-corrected chi connectivity index (χ3v) is 3.86. The van der Waals surface area contributed by atoms with Crippen LogP contribution in [-0.2, 0) is 16.0 Å². The van der Waals surface area contributed by atoms with E-state index >= 15 is 0 Å². The minimum atomic E-state index is -0.409. The molecule has 0 saturated heterocycles. The Labute approximate surface area is 122 Å². The van der Waals surface area contributed by atoms with Gasteiger partial charge in [0.1, 0.15) is 5.76 Å². The molecular weight excluding hydrogens is 270 g/mol. The largest absolute Gasteiger partial charge is 0.423 e. The first kappa shape index (κ1) is 13.5. The van der Waals surface area contributed by atoms with E-state index < -0.39 is 4.92 Å². The number of nitrogens with zero attached hydrogens (tertiary/aromatic N) is 1. The van der Waals surface area contributed by atoms with Gasteiger partial charge in [0.2, 0.25) is 0 Å². The Balaban J connectivity index is 1.81.